The first-order valence-corrected chi connectivity index (χ1v) is 12.4. The van der Waals surface area contributed by atoms with Crippen LogP contribution in [0, 0.1) is 30.1 Å². The molecule has 166 valence electrons. The van der Waals surface area contributed by atoms with Gasteiger partial charge in [0, 0.05) is 17.0 Å². The maximum absolute atomic E-state index is 13.6. The molecule has 6 nitrogen and oxygen atoms in total. The number of carbonyl (C=O) groups is 1. The summed E-state index contributed by atoms with van der Waals surface area (Å²) in [6.07, 6.45) is 7.14. The molecule has 1 amide bonds. The summed E-state index contributed by atoms with van der Waals surface area (Å²) in [5.41, 5.74) is 2.54. The average molecular weight is 449 g/mol. The number of thiazole rings is 1. The number of hydrogen-bond donors (Lipinski definition) is 1. The number of nitrogens with zero attached hydrogens (tertiary/aromatic N) is 3. The van der Waals surface area contributed by atoms with Gasteiger partial charge in [-0.2, -0.15) is 9.78 Å². The zero-order valence-electron chi connectivity index (χ0n) is 18.5. The fraction of sp³-hybridized carbons (Fsp3) is 0.480. The van der Waals surface area contributed by atoms with Crippen LogP contribution in [0.5, 0.6) is 5.75 Å². The first kappa shape index (κ1) is 20.0. The molecule has 32 heavy (non-hydrogen) atoms. The molecule has 2 aromatic heterocycles. The molecule has 1 N–H and O–H groups in total. The third kappa shape index (κ3) is 3.34. The van der Waals surface area contributed by atoms with Gasteiger partial charge < -0.3 is 10.1 Å². The van der Waals surface area contributed by atoms with Crippen molar-refractivity contribution in [2.24, 2.45) is 23.2 Å². The summed E-state index contributed by atoms with van der Waals surface area (Å²) >= 11 is 1.52. The van der Waals surface area contributed by atoms with Crippen molar-refractivity contribution in [1.82, 2.24) is 14.8 Å². The summed E-state index contributed by atoms with van der Waals surface area (Å²) in [7, 11) is 1.66. The van der Waals surface area contributed by atoms with E-state index < -0.39 is 0 Å². The number of amides is 1. The molecule has 7 rings (SSSR count). The van der Waals surface area contributed by atoms with Crippen LogP contribution in [0.2, 0.25) is 0 Å². The van der Waals surface area contributed by atoms with E-state index in [0.29, 0.717) is 0 Å². The molecule has 0 radical (unpaired) electrons. The predicted molar refractivity (Wildman–Crippen MR) is 125 cm³/mol. The minimum Gasteiger partial charge on any atom is -0.497 e. The van der Waals surface area contributed by atoms with E-state index >= 15 is 0 Å². The predicted octanol–water partition coefficient (Wildman–Crippen LogP) is 5.47. The van der Waals surface area contributed by atoms with Crippen LogP contribution < -0.4 is 10.1 Å². The highest BCUT2D eigenvalue weighted by atomic mass is 32.1. The van der Waals surface area contributed by atoms with Gasteiger partial charge in [0.25, 0.3) is 0 Å². The minimum absolute atomic E-state index is 0.183. The van der Waals surface area contributed by atoms with Crippen LogP contribution in [-0.4, -0.2) is 27.8 Å². The highest BCUT2D eigenvalue weighted by Gasteiger charge is 2.54. The Morgan fingerprint density at radius 1 is 1.16 bits per heavy atom. The summed E-state index contributed by atoms with van der Waals surface area (Å²) in [6.45, 7) is 1.95. The molecule has 0 spiro atoms. The van der Waals surface area contributed by atoms with Gasteiger partial charge in [0.05, 0.1) is 23.9 Å². The summed E-state index contributed by atoms with van der Waals surface area (Å²) in [5, 5.41) is 10.7. The Kier molecular flexibility index (Phi) is 4.64. The second-order valence-electron chi connectivity index (χ2n) is 9.98. The molecule has 4 saturated carbocycles. The molecular formula is C25H28N4O2S. The van der Waals surface area contributed by atoms with Crippen molar-refractivity contribution >= 4 is 23.1 Å². The summed E-state index contributed by atoms with van der Waals surface area (Å²) in [5.74, 6) is 3.92. The van der Waals surface area contributed by atoms with Crippen molar-refractivity contribution in [3.05, 3.63) is 41.4 Å². The highest BCUT2D eigenvalue weighted by molar-refractivity contribution is 7.12. The zero-order valence-corrected chi connectivity index (χ0v) is 19.3. The summed E-state index contributed by atoms with van der Waals surface area (Å²) in [6, 6.07) is 9.83. The molecule has 0 atom stereocenters. The molecular weight excluding hydrogens is 420 g/mol. The number of hydrogen-bond acceptors (Lipinski definition) is 5. The standard InChI is InChI=1S/C25H28N4O2S/c1-15-6-22(27-23(30)25-11-16-7-17(12-25)9-18(8-16)13-25)29(28-15)24-26-21(14-32-24)19-4-3-5-20(10-19)31-2/h3-6,10,14,16-18H,7-9,11-13H2,1-2H3,(H,27,30). The third-order valence-corrected chi connectivity index (χ3v) is 8.45. The molecule has 2 heterocycles. The lowest BCUT2D eigenvalue weighted by Gasteiger charge is -2.55. The van der Waals surface area contributed by atoms with E-state index in [1.54, 1.807) is 11.8 Å². The quantitative estimate of drug-likeness (QED) is 0.562. The van der Waals surface area contributed by atoms with Gasteiger partial charge in [0.15, 0.2) is 0 Å². The fourth-order valence-corrected chi connectivity index (χ4v) is 7.44. The molecule has 4 fully saturated rings. The number of aryl methyl sites for hydroxylation is 1. The average Bonchev–Trinajstić information content (AvgIpc) is 3.39. The zero-order chi connectivity index (χ0) is 21.9. The molecule has 1 aromatic carbocycles. The Bertz CT molecular complexity index is 1150. The van der Waals surface area contributed by atoms with Gasteiger partial charge in [-0.3, -0.25) is 4.79 Å². The lowest BCUT2D eigenvalue weighted by molar-refractivity contribution is -0.140. The van der Waals surface area contributed by atoms with Crippen LogP contribution >= 0.6 is 11.3 Å². The minimum atomic E-state index is -0.188. The largest absolute Gasteiger partial charge is 0.497 e. The molecule has 0 unspecified atom stereocenters. The van der Waals surface area contributed by atoms with Crippen LogP contribution in [0.1, 0.15) is 44.2 Å². The van der Waals surface area contributed by atoms with Crippen molar-refractivity contribution in [3.63, 3.8) is 0 Å². The number of aromatic nitrogens is 3. The van der Waals surface area contributed by atoms with Crippen molar-refractivity contribution in [1.29, 1.82) is 0 Å². The van der Waals surface area contributed by atoms with Gasteiger partial charge >= 0.3 is 0 Å². The maximum atomic E-state index is 13.6. The molecule has 4 aliphatic rings. The first-order valence-electron chi connectivity index (χ1n) is 11.5. The lowest BCUT2D eigenvalue weighted by atomic mass is 9.49. The van der Waals surface area contributed by atoms with Crippen LogP contribution in [0.4, 0.5) is 5.82 Å². The second-order valence-corrected chi connectivity index (χ2v) is 10.8. The molecule has 3 aromatic rings. The monoisotopic (exact) mass is 448 g/mol. The second kappa shape index (κ2) is 7.44. The molecule has 4 aliphatic carbocycles. The van der Waals surface area contributed by atoms with E-state index in [9.17, 15) is 4.79 Å². The van der Waals surface area contributed by atoms with Crippen LogP contribution in [-0.2, 0) is 4.79 Å². The van der Waals surface area contributed by atoms with Crippen molar-refractivity contribution in [3.8, 4) is 22.1 Å². The van der Waals surface area contributed by atoms with Gasteiger partial charge in [-0.05, 0) is 75.3 Å². The van der Waals surface area contributed by atoms with Gasteiger partial charge in [-0.15, -0.1) is 11.3 Å². The smallest absolute Gasteiger partial charge is 0.231 e. The Morgan fingerprint density at radius 3 is 2.56 bits per heavy atom. The number of benzene rings is 1. The lowest BCUT2D eigenvalue weighted by Crippen LogP contribution is -2.51. The topological polar surface area (TPSA) is 69.0 Å². The SMILES string of the molecule is COc1cccc(-c2csc(-n3nc(C)cc3NC(=O)C34CC5CC(CC(C5)C3)C4)n2)c1. The maximum Gasteiger partial charge on any atom is 0.231 e. The normalized spacial score (nSPS) is 28.1. The molecule has 7 heteroatoms. The summed E-state index contributed by atoms with van der Waals surface area (Å²) < 4.78 is 7.12. The van der Waals surface area contributed by atoms with Crippen LogP contribution in [0.3, 0.4) is 0 Å². The van der Waals surface area contributed by atoms with E-state index in [4.69, 9.17) is 9.72 Å². The van der Waals surface area contributed by atoms with E-state index in [1.807, 2.05) is 42.6 Å². The Hall–Kier alpha value is -2.67. The number of rotatable bonds is 5. The van der Waals surface area contributed by atoms with Gasteiger partial charge in [0.2, 0.25) is 11.0 Å². The van der Waals surface area contributed by atoms with E-state index in [0.717, 1.165) is 70.7 Å². The number of ether oxygens (including phenoxy) is 1. The van der Waals surface area contributed by atoms with Gasteiger partial charge in [0.1, 0.15) is 11.6 Å². The number of nitrogens with one attached hydrogen (secondary N) is 1. The van der Waals surface area contributed by atoms with Crippen molar-refractivity contribution < 1.29 is 9.53 Å². The van der Waals surface area contributed by atoms with E-state index in [-0.39, 0.29) is 11.3 Å². The first-order chi connectivity index (χ1) is 15.5. The number of methoxy groups -OCH3 is 1. The Balaban J connectivity index is 1.27. The van der Waals surface area contributed by atoms with Crippen LogP contribution in [0.15, 0.2) is 35.7 Å². The van der Waals surface area contributed by atoms with Gasteiger partial charge in [-0.1, -0.05) is 12.1 Å². The Morgan fingerprint density at radius 2 is 1.88 bits per heavy atom. The van der Waals surface area contributed by atoms with Crippen molar-refractivity contribution in [2.75, 3.05) is 12.4 Å². The third-order valence-electron chi connectivity index (χ3n) is 7.63. The van der Waals surface area contributed by atoms with E-state index in [2.05, 4.69) is 10.4 Å². The highest BCUT2D eigenvalue weighted by Crippen LogP contribution is 2.60. The number of anilines is 1. The fourth-order valence-electron chi connectivity index (χ4n) is 6.65. The molecule has 0 saturated heterocycles. The summed E-state index contributed by atoms with van der Waals surface area (Å²) in [4.78, 5) is 18.4. The van der Waals surface area contributed by atoms with Gasteiger partial charge in [-0.25, -0.2) is 4.98 Å². The number of carbonyl (C=O) groups excluding carboxylic acids is 1. The molecule has 4 bridgehead atoms. The van der Waals surface area contributed by atoms with Crippen LogP contribution in [0.25, 0.3) is 16.4 Å². The van der Waals surface area contributed by atoms with Crippen molar-refractivity contribution in [2.45, 2.75) is 45.4 Å². The molecule has 0 aliphatic heterocycles. The Labute approximate surface area is 192 Å². The van der Waals surface area contributed by atoms with E-state index in [1.165, 1.54) is 30.6 Å².